The lowest BCUT2D eigenvalue weighted by atomic mass is 10.3. The molecule has 0 aliphatic carbocycles. The van der Waals surface area contributed by atoms with Gasteiger partial charge in [-0.2, -0.15) is 4.98 Å². The molecular weight excluding hydrogens is 385 g/mol. The molecule has 0 fully saturated rings. The van der Waals surface area contributed by atoms with Crippen LogP contribution in [0, 0.1) is 0 Å². The van der Waals surface area contributed by atoms with Crippen molar-refractivity contribution in [3.05, 3.63) is 38.6 Å². The molecule has 0 radical (unpaired) electrons. The van der Waals surface area contributed by atoms with Crippen LogP contribution >= 0.6 is 43.5 Å². The smallest absolute Gasteiger partial charge is 0.224 e. The molecule has 1 aromatic heterocycles. The predicted octanol–water partition coefficient (Wildman–Crippen LogP) is 4.41. The Morgan fingerprint density at radius 3 is 2.72 bits per heavy atom. The number of halogens is 3. The molecule has 0 bridgehead atoms. The van der Waals surface area contributed by atoms with Crippen LogP contribution in [-0.2, 0) is 0 Å². The SMILES string of the molecule is COc1ccc(Nc2nc(Cl)ncc2Br)cc1Br. The second-order valence-corrected chi connectivity index (χ2v) is 5.36. The Morgan fingerprint density at radius 1 is 1.28 bits per heavy atom. The van der Waals surface area contributed by atoms with E-state index in [2.05, 4.69) is 47.1 Å². The van der Waals surface area contributed by atoms with Crippen molar-refractivity contribution in [2.24, 2.45) is 0 Å². The number of anilines is 2. The summed E-state index contributed by atoms with van der Waals surface area (Å²) in [6.45, 7) is 0. The van der Waals surface area contributed by atoms with Crippen LogP contribution in [0.5, 0.6) is 5.75 Å². The van der Waals surface area contributed by atoms with E-state index in [9.17, 15) is 0 Å². The fourth-order valence-electron chi connectivity index (χ4n) is 1.31. The lowest BCUT2D eigenvalue weighted by Crippen LogP contribution is -1.96. The van der Waals surface area contributed by atoms with E-state index in [-0.39, 0.29) is 5.28 Å². The molecule has 0 unspecified atom stereocenters. The number of nitrogens with one attached hydrogen (secondary N) is 1. The molecule has 0 spiro atoms. The zero-order valence-corrected chi connectivity index (χ0v) is 13.2. The maximum absolute atomic E-state index is 5.75. The summed E-state index contributed by atoms with van der Waals surface area (Å²) in [5, 5.41) is 3.33. The van der Waals surface area contributed by atoms with Crippen molar-refractivity contribution in [3.63, 3.8) is 0 Å². The Morgan fingerprint density at radius 2 is 2.06 bits per heavy atom. The predicted molar refractivity (Wildman–Crippen MR) is 78.7 cm³/mol. The minimum absolute atomic E-state index is 0.188. The zero-order valence-electron chi connectivity index (χ0n) is 9.25. The highest BCUT2D eigenvalue weighted by Gasteiger charge is 2.06. The largest absolute Gasteiger partial charge is 0.496 e. The Hall–Kier alpha value is -0.850. The van der Waals surface area contributed by atoms with Crippen molar-refractivity contribution in [2.75, 3.05) is 12.4 Å². The molecule has 94 valence electrons. The van der Waals surface area contributed by atoms with Gasteiger partial charge in [-0.05, 0) is 61.7 Å². The van der Waals surface area contributed by atoms with Crippen LogP contribution in [0.3, 0.4) is 0 Å². The summed E-state index contributed by atoms with van der Waals surface area (Å²) in [6.07, 6.45) is 1.59. The lowest BCUT2D eigenvalue weighted by Gasteiger charge is -2.09. The third-order valence-corrected chi connectivity index (χ3v) is 3.51. The number of hydrogen-bond donors (Lipinski definition) is 1. The molecule has 4 nitrogen and oxygen atoms in total. The molecule has 0 saturated heterocycles. The fourth-order valence-corrected chi connectivity index (χ4v) is 2.28. The first-order valence-corrected chi connectivity index (χ1v) is 6.85. The highest BCUT2D eigenvalue weighted by molar-refractivity contribution is 9.11. The molecule has 1 aromatic carbocycles. The second kappa shape index (κ2) is 5.86. The summed E-state index contributed by atoms with van der Waals surface area (Å²) in [4.78, 5) is 7.95. The molecule has 1 heterocycles. The van der Waals surface area contributed by atoms with Crippen molar-refractivity contribution >= 4 is 55.0 Å². The number of benzene rings is 1. The van der Waals surface area contributed by atoms with Crippen molar-refractivity contribution < 1.29 is 4.74 Å². The van der Waals surface area contributed by atoms with Gasteiger partial charge in [-0.3, -0.25) is 0 Å². The number of nitrogens with zero attached hydrogens (tertiary/aromatic N) is 2. The summed E-state index contributed by atoms with van der Waals surface area (Å²) in [7, 11) is 1.62. The zero-order chi connectivity index (χ0) is 13.1. The van der Waals surface area contributed by atoms with Gasteiger partial charge in [0.1, 0.15) is 11.6 Å². The van der Waals surface area contributed by atoms with E-state index >= 15 is 0 Å². The van der Waals surface area contributed by atoms with Crippen molar-refractivity contribution in [2.45, 2.75) is 0 Å². The monoisotopic (exact) mass is 391 g/mol. The second-order valence-electron chi connectivity index (χ2n) is 3.31. The highest BCUT2D eigenvalue weighted by atomic mass is 79.9. The number of aromatic nitrogens is 2. The standard InChI is InChI=1S/C11H8Br2ClN3O/c1-18-9-3-2-6(4-7(9)12)16-10-8(13)5-15-11(14)17-10/h2-5H,1H3,(H,15,16,17). The number of methoxy groups -OCH3 is 1. The van der Waals surface area contributed by atoms with E-state index in [1.165, 1.54) is 0 Å². The third-order valence-electron chi connectivity index (χ3n) is 2.13. The Bertz CT molecular complexity index is 580. The van der Waals surface area contributed by atoms with E-state index < -0.39 is 0 Å². The molecule has 2 aromatic rings. The highest BCUT2D eigenvalue weighted by Crippen LogP contribution is 2.30. The Balaban J connectivity index is 2.28. The van der Waals surface area contributed by atoms with Crippen LogP contribution < -0.4 is 10.1 Å². The van der Waals surface area contributed by atoms with Gasteiger partial charge in [0.15, 0.2) is 0 Å². The van der Waals surface area contributed by atoms with Crippen LogP contribution in [0.2, 0.25) is 5.28 Å². The summed E-state index contributed by atoms with van der Waals surface area (Å²) in [6, 6.07) is 5.62. The van der Waals surface area contributed by atoms with Gasteiger partial charge in [-0.1, -0.05) is 0 Å². The molecule has 0 aliphatic rings. The Kier molecular flexibility index (Phi) is 4.42. The van der Waals surface area contributed by atoms with E-state index in [0.717, 1.165) is 20.4 Å². The number of ether oxygens (including phenoxy) is 1. The normalized spacial score (nSPS) is 10.2. The van der Waals surface area contributed by atoms with Gasteiger partial charge in [0.2, 0.25) is 5.28 Å². The first-order valence-electron chi connectivity index (χ1n) is 4.89. The molecule has 7 heteroatoms. The molecule has 0 saturated carbocycles. The van der Waals surface area contributed by atoms with E-state index in [0.29, 0.717) is 5.82 Å². The lowest BCUT2D eigenvalue weighted by molar-refractivity contribution is 0.412. The topological polar surface area (TPSA) is 47.0 Å². The van der Waals surface area contributed by atoms with Crippen LogP contribution in [0.15, 0.2) is 33.3 Å². The van der Waals surface area contributed by atoms with Gasteiger partial charge in [-0.25, -0.2) is 4.98 Å². The van der Waals surface area contributed by atoms with Crippen LogP contribution in [-0.4, -0.2) is 17.1 Å². The molecule has 0 atom stereocenters. The molecule has 0 aliphatic heterocycles. The summed E-state index contributed by atoms with van der Waals surface area (Å²) >= 11 is 12.5. The van der Waals surface area contributed by atoms with E-state index in [1.54, 1.807) is 13.3 Å². The van der Waals surface area contributed by atoms with Gasteiger partial charge in [0, 0.05) is 11.9 Å². The van der Waals surface area contributed by atoms with Gasteiger partial charge in [0.05, 0.1) is 16.1 Å². The minimum Gasteiger partial charge on any atom is -0.496 e. The minimum atomic E-state index is 0.188. The molecule has 0 amide bonds. The fraction of sp³-hybridized carbons (Fsp3) is 0.0909. The molecule has 1 N–H and O–H groups in total. The average Bonchev–Trinajstić information content (AvgIpc) is 2.34. The van der Waals surface area contributed by atoms with E-state index in [1.807, 2.05) is 18.2 Å². The van der Waals surface area contributed by atoms with Crippen molar-refractivity contribution in [1.29, 1.82) is 0 Å². The van der Waals surface area contributed by atoms with Crippen LogP contribution in [0.25, 0.3) is 0 Å². The van der Waals surface area contributed by atoms with Crippen molar-refractivity contribution in [1.82, 2.24) is 9.97 Å². The van der Waals surface area contributed by atoms with Gasteiger partial charge in [-0.15, -0.1) is 0 Å². The van der Waals surface area contributed by atoms with Gasteiger partial charge in [0.25, 0.3) is 0 Å². The van der Waals surface area contributed by atoms with Crippen molar-refractivity contribution in [3.8, 4) is 5.75 Å². The first kappa shape index (κ1) is 13.6. The maximum Gasteiger partial charge on any atom is 0.224 e. The average molecular weight is 393 g/mol. The maximum atomic E-state index is 5.75. The number of rotatable bonds is 3. The van der Waals surface area contributed by atoms with Crippen LogP contribution in [0.1, 0.15) is 0 Å². The third kappa shape index (κ3) is 3.13. The van der Waals surface area contributed by atoms with Gasteiger partial charge < -0.3 is 10.1 Å². The van der Waals surface area contributed by atoms with E-state index in [4.69, 9.17) is 16.3 Å². The van der Waals surface area contributed by atoms with Crippen LogP contribution in [0.4, 0.5) is 11.5 Å². The molecule has 18 heavy (non-hydrogen) atoms. The first-order chi connectivity index (χ1) is 8.60. The quantitative estimate of drug-likeness (QED) is 0.785. The number of hydrogen-bond acceptors (Lipinski definition) is 4. The summed E-state index contributed by atoms with van der Waals surface area (Å²) < 4.78 is 6.75. The molecule has 2 rings (SSSR count). The molecular formula is C11H8Br2ClN3O. The summed E-state index contributed by atoms with van der Waals surface area (Å²) in [5.74, 6) is 1.37. The Labute approximate surface area is 126 Å². The summed E-state index contributed by atoms with van der Waals surface area (Å²) in [5.41, 5.74) is 0.859. The van der Waals surface area contributed by atoms with Gasteiger partial charge >= 0.3 is 0 Å².